The summed E-state index contributed by atoms with van der Waals surface area (Å²) in [6.07, 6.45) is 1.51. The number of carbonyl (C=O) groups is 1. The number of fused-ring (bicyclic) bond motifs is 1. The Balaban J connectivity index is 1.46. The van der Waals surface area contributed by atoms with Gasteiger partial charge in [-0.1, -0.05) is 30.3 Å². The highest BCUT2D eigenvalue weighted by Gasteiger charge is 2.22. The first-order valence-corrected chi connectivity index (χ1v) is 7.34. The van der Waals surface area contributed by atoms with Crippen LogP contribution >= 0.6 is 0 Å². The topological polar surface area (TPSA) is 47.6 Å². The summed E-state index contributed by atoms with van der Waals surface area (Å²) < 4.78 is 11.0. The van der Waals surface area contributed by atoms with Crippen LogP contribution in [-0.2, 0) is 9.53 Å². The molecule has 21 heavy (non-hydrogen) atoms. The molecule has 1 amide bonds. The molecule has 1 fully saturated rings. The lowest BCUT2D eigenvalue weighted by atomic mass is 10.1. The van der Waals surface area contributed by atoms with Crippen molar-refractivity contribution in [1.29, 1.82) is 0 Å². The summed E-state index contributed by atoms with van der Waals surface area (Å²) in [5.74, 6) is 0.787. The van der Waals surface area contributed by atoms with Gasteiger partial charge in [0.2, 0.25) is 5.91 Å². The molecule has 2 aromatic rings. The maximum absolute atomic E-state index is 11.7. The number of hydrogen-bond donors (Lipinski definition) is 1. The molecule has 2 aromatic carbocycles. The van der Waals surface area contributed by atoms with Crippen LogP contribution in [0.25, 0.3) is 10.8 Å². The maximum atomic E-state index is 11.7. The molecule has 1 atom stereocenters. The minimum Gasteiger partial charge on any atom is -0.492 e. The van der Waals surface area contributed by atoms with Gasteiger partial charge in [-0.15, -0.1) is 0 Å². The second-order valence-corrected chi connectivity index (χ2v) is 5.15. The first-order valence-electron chi connectivity index (χ1n) is 7.34. The lowest BCUT2D eigenvalue weighted by Gasteiger charge is -2.11. The van der Waals surface area contributed by atoms with Gasteiger partial charge in [-0.25, -0.2) is 0 Å². The number of benzene rings is 2. The van der Waals surface area contributed by atoms with Gasteiger partial charge in [0.05, 0.1) is 6.54 Å². The van der Waals surface area contributed by atoms with Crippen LogP contribution < -0.4 is 10.1 Å². The molecule has 4 nitrogen and oxygen atoms in total. The van der Waals surface area contributed by atoms with Gasteiger partial charge >= 0.3 is 0 Å². The van der Waals surface area contributed by atoms with Crippen molar-refractivity contribution in [2.24, 2.45) is 0 Å². The first-order chi connectivity index (χ1) is 10.3. The highest BCUT2D eigenvalue weighted by Crippen LogP contribution is 2.20. The Morgan fingerprint density at radius 3 is 2.90 bits per heavy atom. The van der Waals surface area contributed by atoms with Crippen LogP contribution in [-0.4, -0.2) is 31.8 Å². The first kappa shape index (κ1) is 13.9. The zero-order chi connectivity index (χ0) is 14.5. The number of amides is 1. The average Bonchev–Trinajstić information content (AvgIpc) is 3.06. The summed E-state index contributed by atoms with van der Waals surface area (Å²) in [4.78, 5) is 11.7. The Kier molecular flexibility index (Phi) is 4.36. The van der Waals surface area contributed by atoms with E-state index in [0.717, 1.165) is 24.0 Å². The Morgan fingerprint density at radius 2 is 2.10 bits per heavy atom. The Hall–Kier alpha value is -2.07. The minimum absolute atomic E-state index is 0.0328. The number of nitrogens with one attached hydrogen (secondary N) is 1. The normalized spacial score (nSPS) is 17.8. The molecule has 0 aromatic heterocycles. The largest absolute Gasteiger partial charge is 0.492 e. The zero-order valence-electron chi connectivity index (χ0n) is 11.9. The van der Waals surface area contributed by atoms with E-state index in [-0.39, 0.29) is 12.0 Å². The van der Waals surface area contributed by atoms with E-state index in [2.05, 4.69) is 17.4 Å². The van der Waals surface area contributed by atoms with Gasteiger partial charge in [0, 0.05) is 6.61 Å². The van der Waals surface area contributed by atoms with E-state index in [1.165, 1.54) is 5.39 Å². The van der Waals surface area contributed by atoms with Crippen molar-refractivity contribution in [2.75, 3.05) is 19.8 Å². The van der Waals surface area contributed by atoms with Gasteiger partial charge in [0.1, 0.15) is 18.5 Å². The Bertz CT molecular complexity index is 620. The molecule has 1 aliphatic heterocycles. The predicted molar refractivity (Wildman–Crippen MR) is 81.4 cm³/mol. The molecule has 0 aliphatic carbocycles. The van der Waals surface area contributed by atoms with Crippen LogP contribution in [0.2, 0.25) is 0 Å². The number of hydrogen-bond acceptors (Lipinski definition) is 3. The van der Waals surface area contributed by atoms with E-state index in [4.69, 9.17) is 9.47 Å². The maximum Gasteiger partial charge on any atom is 0.249 e. The van der Waals surface area contributed by atoms with E-state index in [0.29, 0.717) is 19.8 Å². The predicted octanol–water partition coefficient (Wildman–Crippen LogP) is 2.51. The number of ether oxygens (including phenoxy) is 2. The van der Waals surface area contributed by atoms with Crippen molar-refractivity contribution in [2.45, 2.75) is 18.9 Å². The average molecular weight is 285 g/mol. The quantitative estimate of drug-likeness (QED) is 0.859. The highest BCUT2D eigenvalue weighted by molar-refractivity contribution is 5.83. The van der Waals surface area contributed by atoms with Gasteiger partial charge in [-0.2, -0.15) is 0 Å². The van der Waals surface area contributed by atoms with Crippen LogP contribution in [0.4, 0.5) is 0 Å². The third-order valence-corrected chi connectivity index (χ3v) is 3.61. The molecule has 110 valence electrons. The summed E-state index contributed by atoms with van der Waals surface area (Å²) in [6, 6.07) is 14.1. The van der Waals surface area contributed by atoms with Gasteiger partial charge in [-0.3, -0.25) is 4.79 Å². The fourth-order valence-corrected chi connectivity index (χ4v) is 2.50. The number of carbonyl (C=O) groups excluding carboxylic acids is 1. The van der Waals surface area contributed by atoms with Crippen molar-refractivity contribution in [3.8, 4) is 5.75 Å². The molecule has 1 aliphatic rings. The monoisotopic (exact) mass is 285 g/mol. The molecular weight excluding hydrogens is 266 g/mol. The third kappa shape index (κ3) is 3.52. The van der Waals surface area contributed by atoms with Gasteiger partial charge < -0.3 is 14.8 Å². The molecular formula is C17H19NO3. The molecule has 0 unspecified atom stereocenters. The molecule has 1 heterocycles. The van der Waals surface area contributed by atoms with E-state index in [1.54, 1.807) is 0 Å². The van der Waals surface area contributed by atoms with Gasteiger partial charge in [0.15, 0.2) is 0 Å². The molecule has 4 heteroatoms. The molecule has 3 rings (SSSR count). The van der Waals surface area contributed by atoms with Crippen molar-refractivity contribution in [3.63, 3.8) is 0 Å². The van der Waals surface area contributed by atoms with Crippen molar-refractivity contribution in [1.82, 2.24) is 5.32 Å². The third-order valence-electron chi connectivity index (χ3n) is 3.61. The fraction of sp³-hybridized carbons (Fsp3) is 0.353. The summed E-state index contributed by atoms with van der Waals surface area (Å²) in [5.41, 5.74) is 0. The van der Waals surface area contributed by atoms with Crippen molar-refractivity contribution < 1.29 is 14.3 Å². The molecule has 0 spiro atoms. The SMILES string of the molecule is O=C(NCCOc1ccc2ccccc2c1)[C@H]1CCCO1. The van der Waals surface area contributed by atoms with E-state index < -0.39 is 0 Å². The Morgan fingerprint density at radius 1 is 1.24 bits per heavy atom. The summed E-state index contributed by atoms with van der Waals surface area (Å²) in [6.45, 7) is 1.63. The molecule has 1 N–H and O–H groups in total. The van der Waals surface area contributed by atoms with Crippen molar-refractivity contribution in [3.05, 3.63) is 42.5 Å². The second-order valence-electron chi connectivity index (χ2n) is 5.15. The van der Waals surface area contributed by atoms with Crippen LogP contribution in [0.1, 0.15) is 12.8 Å². The lowest BCUT2D eigenvalue weighted by molar-refractivity contribution is -0.130. The molecule has 1 saturated heterocycles. The molecule has 0 saturated carbocycles. The number of rotatable bonds is 5. The van der Waals surface area contributed by atoms with E-state index in [1.807, 2.05) is 30.3 Å². The Labute approximate surface area is 124 Å². The van der Waals surface area contributed by atoms with Crippen LogP contribution in [0, 0.1) is 0 Å². The van der Waals surface area contributed by atoms with E-state index in [9.17, 15) is 4.79 Å². The van der Waals surface area contributed by atoms with Crippen LogP contribution in [0.3, 0.4) is 0 Å². The van der Waals surface area contributed by atoms with Crippen molar-refractivity contribution >= 4 is 16.7 Å². The lowest BCUT2D eigenvalue weighted by Crippen LogP contribution is -2.36. The smallest absolute Gasteiger partial charge is 0.249 e. The van der Waals surface area contributed by atoms with Crippen LogP contribution in [0.15, 0.2) is 42.5 Å². The van der Waals surface area contributed by atoms with Crippen LogP contribution in [0.5, 0.6) is 5.75 Å². The second kappa shape index (κ2) is 6.59. The molecule has 0 radical (unpaired) electrons. The zero-order valence-corrected chi connectivity index (χ0v) is 11.9. The van der Waals surface area contributed by atoms with Gasteiger partial charge in [0.25, 0.3) is 0 Å². The van der Waals surface area contributed by atoms with E-state index >= 15 is 0 Å². The minimum atomic E-state index is -0.273. The highest BCUT2D eigenvalue weighted by atomic mass is 16.5. The fourth-order valence-electron chi connectivity index (χ4n) is 2.50. The summed E-state index contributed by atoms with van der Waals surface area (Å²) in [7, 11) is 0. The van der Waals surface area contributed by atoms with Gasteiger partial charge in [-0.05, 0) is 35.7 Å². The molecule has 0 bridgehead atoms. The summed E-state index contributed by atoms with van der Waals surface area (Å²) >= 11 is 0. The standard InChI is InChI=1S/C17H19NO3/c19-17(16-6-3-10-21-16)18-9-11-20-15-8-7-13-4-1-2-5-14(13)12-15/h1-2,4-5,7-8,12,16H,3,6,9-11H2,(H,18,19)/t16-/m1/s1. The summed E-state index contributed by atoms with van der Waals surface area (Å²) in [5, 5.41) is 5.19.